The second kappa shape index (κ2) is 7.43. The van der Waals surface area contributed by atoms with Gasteiger partial charge in [0.2, 0.25) is 0 Å². The first-order valence-corrected chi connectivity index (χ1v) is 8.16. The summed E-state index contributed by atoms with van der Waals surface area (Å²) in [7, 11) is 0. The van der Waals surface area contributed by atoms with Gasteiger partial charge in [-0.3, -0.25) is 0 Å². The Bertz CT molecular complexity index is 441. The number of rotatable bonds is 4. The minimum atomic E-state index is 0.0235. The number of benzene rings is 1. The second-order valence-electron chi connectivity index (χ2n) is 5.04. The van der Waals surface area contributed by atoms with Crippen LogP contribution >= 0.6 is 11.8 Å². The van der Waals surface area contributed by atoms with Crippen molar-refractivity contribution < 1.29 is 4.74 Å². The smallest absolute Gasteiger partial charge is 0.191 e. The fourth-order valence-electron chi connectivity index (χ4n) is 2.00. The summed E-state index contributed by atoms with van der Waals surface area (Å²) in [6.45, 7) is 6.65. The Kier molecular flexibility index (Phi) is 5.59. The third-order valence-corrected chi connectivity index (χ3v) is 4.15. The number of hydrogen-bond acceptors (Lipinski definition) is 3. The Morgan fingerprint density at radius 2 is 2.00 bits per heavy atom. The van der Waals surface area contributed by atoms with Crippen LogP contribution < -0.4 is 10.5 Å². The number of nitrogens with zero attached hydrogens (tertiary/aromatic N) is 2. The molecule has 1 heterocycles. The van der Waals surface area contributed by atoms with Crippen molar-refractivity contribution in [2.45, 2.75) is 20.0 Å². The molecule has 0 saturated carbocycles. The Labute approximate surface area is 125 Å². The molecular formula is C15H23N3OS. The normalized spacial score (nSPS) is 17.9. The zero-order chi connectivity index (χ0) is 14.4. The molecular weight excluding hydrogens is 270 g/mol. The number of hydrogen-bond donors (Lipinski definition) is 1. The predicted octanol–water partition coefficient (Wildman–Crippen LogP) is 2.13. The van der Waals surface area contributed by atoms with Gasteiger partial charge in [-0.2, -0.15) is 11.8 Å². The largest absolute Gasteiger partial charge is 0.489 e. The summed E-state index contributed by atoms with van der Waals surface area (Å²) < 4.78 is 5.82. The number of thioether (sulfide) groups is 1. The SMILES string of the molecule is Cc1ccc(OC(C)CN=C(N)N2CCSCC2)cc1. The summed E-state index contributed by atoms with van der Waals surface area (Å²) in [5.41, 5.74) is 7.25. The standard InChI is InChI=1S/C15H23N3OS/c1-12-3-5-14(6-4-12)19-13(2)11-17-15(16)18-7-9-20-10-8-18/h3-6,13H,7-11H2,1-2H3,(H2,16,17). The lowest BCUT2D eigenvalue weighted by Crippen LogP contribution is -2.43. The van der Waals surface area contributed by atoms with Gasteiger partial charge in [0, 0.05) is 24.6 Å². The summed E-state index contributed by atoms with van der Waals surface area (Å²) in [6, 6.07) is 8.07. The topological polar surface area (TPSA) is 50.9 Å². The van der Waals surface area contributed by atoms with E-state index in [9.17, 15) is 0 Å². The summed E-state index contributed by atoms with van der Waals surface area (Å²) in [4.78, 5) is 6.60. The van der Waals surface area contributed by atoms with E-state index in [2.05, 4.69) is 16.8 Å². The molecule has 5 heteroatoms. The molecule has 1 unspecified atom stereocenters. The molecule has 0 amide bonds. The molecule has 4 nitrogen and oxygen atoms in total. The van der Waals surface area contributed by atoms with Crippen molar-refractivity contribution in [3.63, 3.8) is 0 Å². The van der Waals surface area contributed by atoms with E-state index in [1.807, 2.05) is 43.0 Å². The quantitative estimate of drug-likeness (QED) is 0.682. The fourth-order valence-corrected chi connectivity index (χ4v) is 2.90. The molecule has 110 valence electrons. The van der Waals surface area contributed by atoms with E-state index in [1.54, 1.807) is 0 Å². The van der Waals surface area contributed by atoms with Crippen molar-refractivity contribution in [3.8, 4) is 5.75 Å². The Morgan fingerprint density at radius 1 is 1.35 bits per heavy atom. The average molecular weight is 293 g/mol. The van der Waals surface area contributed by atoms with Crippen molar-refractivity contribution in [1.29, 1.82) is 0 Å². The molecule has 1 atom stereocenters. The molecule has 2 rings (SSSR count). The number of aryl methyl sites for hydroxylation is 1. The summed E-state index contributed by atoms with van der Waals surface area (Å²) in [5.74, 6) is 3.79. The molecule has 1 aromatic carbocycles. The van der Waals surface area contributed by atoms with E-state index in [-0.39, 0.29) is 6.10 Å². The molecule has 20 heavy (non-hydrogen) atoms. The first-order valence-electron chi connectivity index (χ1n) is 7.01. The molecule has 0 radical (unpaired) electrons. The van der Waals surface area contributed by atoms with E-state index < -0.39 is 0 Å². The zero-order valence-electron chi connectivity index (χ0n) is 12.2. The summed E-state index contributed by atoms with van der Waals surface area (Å²) in [5, 5.41) is 0. The van der Waals surface area contributed by atoms with Gasteiger partial charge in [0.15, 0.2) is 5.96 Å². The maximum atomic E-state index is 6.02. The van der Waals surface area contributed by atoms with Gasteiger partial charge >= 0.3 is 0 Å². The minimum absolute atomic E-state index is 0.0235. The average Bonchev–Trinajstić information content (AvgIpc) is 2.48. The van der Waals surface area contributed by atoms with Crippen LogP contribution in [0.3, 0.4) is 0 Å². The van der Waals surface area contributed by atoms with Gasteiger partial charge in [-0.05, 0) is 26.0 Å². The lowest BCUT2D eigenvalue weighted by atomic mass is 10.2. The van der Waals surface area contributed by atoms with Crippen LogP contribution in [0.25, 0.3) is 0 Å². The van der Waals surface area contributed by atoms with Crippen LogP contribution in [0.5, 0.6) is 5.75 Å². The molecule has 2 N–H and O–H groups in total. The Morgan fingerprint density at radius 3 is 2.65 bits per heavy atom. The van der Waals surface area contributed by atoms with Gasteiger partial charge in [-0.25, -0.2) is 4.99 Å². The van der Waals surface area contributed by atoms with Gasteiger partial charge in [-0.15, -0.1) is 0 Å². The van der Waals surface area contributed by atoms with Crippen LogP contribution in [0.4, 0.5) is 0 Å². The maximum absolute atomic E-state index is 6.02. The van der Waals surface area contributed by atoms with Crippen LogP contribution in [0.15, 0.2) is 29.3 Å². The van der Waals surface area contributed by atoms with Crippen molar-refractivity contribution in [2.75, 3.05) is 31.1 Å². The van der Waals surface area contributed by atoms with Gasteiger partial charge in [-0.1, -0.05) is 17.7 Å². The maximum Gasteiger partial charge on any atom is 0.191 e. The van der Waals surface area contributed by atoms with Crippen molar-refractivity contribution in [3.05, 3.63) is 29.8 Å². The van der Waals surface area contributed by atoms with Crippen LogP contribution in [-0.4, -0.2) is 48.1 Å². The number of guanidine groups is 1. The first-order chi connectivity index (χ1) is 9.65. The van der Waals surface area contributed by atoms with Gasteiger partial charge in [0.05, 0.1) is 6.54 Å². The van der Waals surface area contributed by atoms with E-state index in [0.29, 0.717) is 12.5 Å². The molecule has 1 aliphatic heterocycles. The second-order valence-corrected chi connectivity index (χ2v) is 6.26. The Hall–Kier alpha value is -1.36. The van der Waals surface area contributed by atoms with E-state index in [4.69, 9.17) is 10.5 Å². The van der Waals surface area contributed by atoms with Crippen LogP contribution in [-0.2, 0) is 0 Å². The molecule has 1 aliphatic rings. The lowest BCUT2D eigenvalue weighted by molar-refractivity contribution is 0.229. The first kappa shape index (κ1) is 15.0. The van der Waals surface area contributed by atoms with Crippen molar-refractivity contribution >= 4 is 17.7 Å². The summed E-state index contributed by atoms with van der Waals surface area (Å²) >= 11 is 1.97. The van der Waals surface area contributed by atoms with E-state index >= 15 is 0 Å². The molecule has 1 fully saturated rings. The predicted molar refractivity (Wildman–Crippen MR) is 86.7 cm³/mol. The van der Waals surface area contributed by atoms with E-state index in [1.165, 1.54) is 5.56 Å². The fraction of sp³-hybridized carbons (Fsp3) is 0.533. The van der Waals surface area contributed by atoms with Gasteiger partial charge in [0.25, 0.3) is 0 Å². The molecule has 0 aliphatic carbocycles. The van der Waals surface area contributed by atoms with Crippen LogP contribution in [0.2, 0.25) is 0 Å². The number of nitrogens with two attached hydrogens (primary N) is 1. The molecule has 0 aromatic heterocycles. The molecule has 0 spiro atoms. The minimum Gasteiger partial charge on any atom is -0.489 e. The highest BCUT2D eigenvalue weighted by Crippen LogP contribution is 2.13. The number of ether oxygens (including phenoxy) is 1. The van der Waals surface area contributed by atoms with E-state index in [0.717, 1.165) is 30.3 Å². The highest BCUT2D eigenvalue weighted by Gasteiger charge is 2.12. The highest BCUT2D eigenvalue weighted by atomic mass is 32.2. The Balaban J connectivity index is 1.81. The highest BCUT2D eigenvalue weighted by molar-refractivity contribution is 7.99. The van der Waals surface area contributed by atoms with Crippen molar-refractivity contribution in [2.24, 2.45) is 10.7 Å². The van der Waals surface area contributed by atoms with Crippen LogP contribution in [0, 0.1) is 6.92 Å². The third-order valence-electron chi connectivity index (χ3n) is 3.20. The molecule has 1 saturated heterocycles. The lowest BCUT2D eigenvalue weighted by Gasteiger charge is -2.27. The van der Waals surface area contributed by atoms with Gasteiger partial charge < -0.3 is 15.4 Å². The number of aliphatic imine (C=N–C) groups is 1. The van der Waals surface area contributed by atoms with Gasteiger partial charge in [0.1, 0.15) is 11.9 Å². The zero-order valence-corrected chi connectivity index (χ0v) is 13.0. The third kappa shape index (κ3) is 4.63. The van der Waals surface area contributed by atoms with Crippen molar-refractivity contribution in [1.82, 2.24) is 4.90 Å². The van der Waals surface area contributed by atoms with Crippen LogP contribution in [0.1, 0.15) is 12.5 Å². The summed E-state index contributed by atoms with van der Waals surface area (Å²) in [6.07, 6.45) is 0.0235. The molecule has 0 bridgehead atoms. The monoisotopic (exact) mass is 293 g/mol. The molecule has 1 aromatic rings.